The van der Waals surface area contributed by atoms with E-state index in [0.717, 1.165) is 16.8 Å². The molecule has 0 aliphatic rings. The molecule has 3 N–H and O–H groups in total. The minimum atomic E-state index is -0.281. The van der Waals surface area contributed by atoms with Crippen molar-refractivity contribution in [3.8, 4) is 0 Å². The molecule has 6 heteroatoms. The number of urea groups is 1. The van der Waals surface area contributed by atoms with E-state index in [2.05, 4.69) is 20.9 Å². The average Bonchev–Trinajstić information content (AvgIpc) is 2.51. The molecule has 23 heavy (non-hydrogen) atoms. The molecular formula is C17H20N4O2. The van der Waals surface area contributed by atoms with Crippen LogP contribution in [-0.4, -0.2) is 23.5 Å². The number of hydrogen-bond donors (Lipinski definition) is 3. The molecule has 1 aromatic carbocycles. The number of amides is 3. The first-order valence-corrected chi connectivity index (χ1v) is 7.37. The highest BCUT2D eigenvalue weighted by Crippen LogP contribution is 2.09. The van der Waals surface area contributed by atoms with Crippen molar-refractivity contribution in [1.29, 1.82) is 0 Å². The maximum Gasteiger partial charge on any atom is 0.320 e. The van der Waals surface area contributed by atoms with Crippen molar-refractivity contribution in [2.75, 3.05) is 17.2 Å². The molecule has 2 aromatic rings. The molecule has 2 rings (SSSR count). The molecule has 0 unspecified atom stereocenters. The van der Waals surface area contributed by atoms with Gasteiger partial charge in [-0.1, -0.05) is 18.2 Å². The standard InChI is InChI=1S/C17H20N4O2/c1-12-3-8-16(19-11-12)21-17(23)18-10-9-14-4-6-15(7-5-14)20-13(2)22/h3-8,11H,9-10H2,1-2H3,(H,20,22)(H2,18,19,21,23). The normalized spacial score (nSPS) is 10.0. The van der Waals surface area contributed by atoms with E-state index in [-0.39, 0.29) is 11.9 Å². The Morgan fingerprint density at radius 3 is 2.39 bits per heavy atom. The van der Waals surface area contributed by atoms with Crippen LogP contribution >= 0.6 is 0 Å². The molecule has 0 bridgehead atoms. The Morgan fingerprint density at radius 1 is 1.04 bits per heavy atom. The van der Waals surface area contributed by atoms with Crippen LogP contribution in [0, 0.1) is 6.92 Å². The summed E-state index contributed by atoms with van der Waals surface area (Å²) < 4.78 is 0. The predicted octanol–water partition coefficient (Wildman–Crippen LogP) is 2.71. The number of pyridine rings is 1. The number of benzene rings is 1. The topological polar surface area (TPSA) is 83.1 Å². The van der Waals surface area contributed by atoms with Gasteiger partial charge in [-0.05, 0) is 42.7 Å². The third kappa shape index (κ3) is 5.78. The van der Waals surface area contributed by atoms with Crippen LogP contribution in [0.4, 0.5) is 16.3 Å². The Hall–Kier alpha value is -2.89. The zero-order valence-corrected chi connectivity index (χ0v) is 13.2. The Kier molecular flexibility index (Phi) is 5.68. The number of aromatic nitrogens is 1. The van der Waals surface area contributed by atoms with Crippen LogP contribution in [0.2, 0.25) is 0 Å². The summed E-state index contributed by atoms with van der Waals surface area (Å²) in [7, 11) is 0. The van der Waals surface area contributed by atoms with Crippen molar-refractivity contribution >= 4 is 23.4 Å². The second-order valence-electron chi connectivity index (χ2n) is 5.23. The van der Waals surface area contributed by atoms with Crippen molar-refractivity contribution in [2.45, 2.75) is 20.3 Å². The number of rotatable bonds is 5. The summed E-state index contributed by atoms with van der Waals surface area (Å²) in [5.74, 6) is 0.425. The van der Waals surface area contributed by atoms with Gasteiger partial charge in [-0.25, -0.2) is 9.78 Å². The first-order valence-electron chi connectivity index (χ1n) is 7.37. The van der Waals surface area contributed by atoms with E-state index in [0.29, 0.717) is 18.8 Å². The molecule has 0 saturated carbocycles. The number of anilines is 2. The van der Waals surface area contributed by atoms with Crippen LogP contribution in [0.25, 0.3) is 0 Å². The summed E-state index contributed by atoms with van der Waals surface area (Å²) in [5, 5.41) is 8.17. The number of nitrogens with zero attached hydrogens (tertiary/aromatic N) is 1. The number of nitrogens with one attached hydrogen (secondary N) is 3. The predicted molar refractivity (Wildman–Crippen MR) is 90.4 cm³/mol. The number of aryl methyl sites for hydroxylation is 1. The minimum absolute atomic E-state index is 0.0965. The van der Waals surface area contributed by atoms with Gasteiger partial charge in [-0.2, -0.15) is 0 Å². The summed E-state index contributed by atoms with van der Waals surface area (Å²) >= 11 is 0. The van der Waals surface area contributed by atoms with Crippen LogP contribution in [0.5, 0.6) is 0 Å². The van der Waals surface area contributed by atoms with Crippen molar-refractivity contribution in [1.82, 2.24) is 10.3 Å². The van der Waals surface area contributed by atoms with E-state index in [9.17, 15) is 9.59 Å². The SMILES string of the molecule is CC(=O)Nc1ccc(CCNC(=O)Nc2ccc(C)cn2)cc1. The summed E-state index contributed by atoms with van der Waals surface area (Å²) in [6.07, 6.45) is 2.40. The molecule has 0 spiro atoms. The summed E-state index contributed by atoms with van der Waals surface area (Å²) in [4.78, 5) is 26.8. The lowest BCUT2D eigenvalue weighted by Gasteiger charge is -2.08. The lowest BCUT2D eigenvalue weighted by atomic mass is 10.1. The first kappa shape index (κ1) is 16.5. The Labute approximate surface area is 135 Å². The highest BCUT2D eigenvalue weighted by atomic mass is 16.2. The van der Waals surface area contributed by atoms with Gasteiger partial charge in [-0.3, -0.25) is 10.1 Å². The quantitative estimate of drug-likeness (QED) is 0.794. The van der Waals surface area contributed by atoms with Crippen molar-refractivity contribution in [3.63, 3.8) is 0 Å². The van der Waals surface area contributed by atoms with Crippen LogP contribution < -0.4 is 16.0 Å². The lowest BCUT2D eigenvalue weighted by Crippen LogP contribution is -2.30. The van der Waals surface area contributed by atoms with E-state index in [1.165, 1.54) is 6.92 Å². The fourth-order valence-electron chi connectivity index (χ4n) is 1.98. The lowest BCUT2D eigenvalue weighted by molar-refractivity contribution is -0.114. The first-order chi connectivity index (χ1) is 11.0. The zero-order chi connectivity index (χ0) is 16.7. The van der Waals surface area contributed by atoms with Gasteiger partial charge in [-0.15, -0.1) is 0 Å². The number of carbonyl (C=O) groups is 2. The molecule has 0 aliphatic heterocycles. The van der Waals surface area contributed by atoms with E-state index >= 15 is 0 Å². The molecule has 0 atom stereocenters. The average molecular weight is 312 g/mol. The highest BCUT2D eigenvalue weighted by Gasteiger charge is 2.02. The van der Waals surface area contributed by atoms with Crippen molar-refractivity contribution in [2.24, 2.45) is 0 Å². The van der Waals surface area contributed by atoms with Gasteiger partial charge in [0.05, 0.1) is 0 Å². The Morgan fingerprint density at radius 2 is 1.78 bits per heavy atom. The van der Waals surface area contributed by atoms with Gasteiger partial charge in [0.2, 0.25) is 5.91 Å². The van der Waals surface area contributed by atoms with Gasteiger partial charge in [0.1, 0.15) is 5.82 Å². The zero-order valence-electron chi connectivity index (χ0n) is 13.2. The van der Waals surface area contributed by atoms with Crippen molar-refractivity contribution in [3.05, 3.63) is 53.7 Å². The van der Waals surface area contributed by atoms with Crippen molar-refractivity contribution < 1.29 is 9.59 Å². The molecule has 0 radical (unpaired) electrons. The van der Waals surface area contributed by atoms with E-state index in [1.54, 1.807) is 12.3 Å². The number of hydrogen-bond acceptors (Lipinski definition) is 3. The molecule has 0 aliphatic carbocycles. The summed E-state index contributed by atoms with van der Waals surface area (Å²) in [6, 6.07) is 10.9. The van der Waals surface area contributed by atoms with Gasteiger partial charge >= 0.3 is 6.03 Å². The third-order valence-corrected chi connectivity index (χ3v) is 3.13. The fraction of sp³-hybridized carbons (Fsp3) is 0.235. The second kappa shape index (κ2) is 7.93. The van der Waals surface area contributed by atoms with Gasteiger partial charge in [0.15, 0.2) is 0 Å². The molecule has 3 amide bonds. The molecule has 120 valence electrons. The molecule has 0 fully saturated rings. The molecular weight excluding hydrogens is 292 g/mol. The van der Waals surface area contributed by atoms with Gasteiger partial charge in [0, 0.05) is 25.4 Å². The van der Waals surface area contributed by atoms with E-state index in [1.807, 2.05) is 37.3 Å². The van der Waals surface area contributed by atoms with Crippen LogP contribution in [0.15, 0.2) is 42.6 Å². The molecule has 1 heterocycles. The van der Waals surface area contributed by atoms with Crippen LogP contribution in [-0.2, 0) is 11.2 Å². The second-order valence-corrected chi connectivity index (χ2v) is 5.23. The van der Waals surface area contributed by atoms with Gasteiger partial charge < -0.3 is 10.6 Å². The summed E-state index contributed by atoms with van der Waals surface area (Å²) in [5.41, 5.74) is 2.88. The fourth-order valence-corrected chi connectivity index (χ4v) is 1.98. The maximum atomic E-state index is 11.8. The minimum Gasteiger partial charge on any atom is -0.337 e. The van der Waals surface area contributed by atoms with E-state index in [4.69, 9.17) is 0 Å². The Balaban J connectivity index is 1.74. The van der Waals surface area contributed by atoms with Gasteiger partial charge in [0.25, 0.3) is 0 Å². The largest absolute Gasteiger partial charge is 0.337 e. The highest BCUT2D eigenvalue weighted by molar-refractivity contribution is 5.88. The number of carbonyl (C=O) groups excluding carboxylic acids is 2. The summed E-state index contributed by atoms with van der Waals surface area (Å²) in [6.45, 7) is 3.92. The Bertz CT molecular complexity index is 666. The molecule has 6 nitrogen and oxygen atoms in total. The smallest absolute Gasteiger partial charge is 0.320 e. The van der Waals surface area contributed by atoms with Crippen LogP contribution in [0.1, 0.15) is 18.1 Å². The maximum absolute atomic E-state index is 11.8. The van der Waals surface area contributed by atoms with Crippen LogP contribution in [0.3, 0.4) is 0 Å². The molecule has 0 saturated heterocycles. The molecule has 1 aromatic heterocycles. The monoisotopic (exact) mass is 312 g/mol. The van der Waals surface area contributed by atoms with E-state index < -0.39 is 0 Å². The third-order valence-electron chi connectivity index (χ3n) is 3.13.